The van der Waals surface area contributed by atoms with E-state index in [1.54, 1.807) is 20.8 Å². The highest BCUT2D eigenvalue weighted by Crippen LogP contribution is 2.35. The molecule has 0 saturated carbocycles. The van der Waals surface area contributed by atoms with Crippen molar-refractivity contribution < 1.29 is 32.9 Å². The van der Waals surface area contributed by atoms with Crippen LogP contribution in [0.1, 0.15) is 32.8 Å². The van der Waals surface area contributed by atoms with Crippen molar-refractivity contribution in [2.75, 3.05) is 6.54 Å². The average Bonchev–Trinajstić information content (AvgIpc) is 2.47. The minimum absolute atomic E-state index is 0.00434. The Labute approximate surface area is 144 Å². The summed E-state index contributed by atoms with van der Waals surface area (Å²) in [5.74, 6) is -0.00434. The minimum Gasteiger partial charge on any atom is -0.488 e. The van der Waals surface area contributed by atoms with E-state index in [4.69, 9.17) is 4.74 Å². The number of rotatable bonds is 2. The zero-order valence-corrected chi connectivity index (χ0v) is 14.2. The number of nitrogens with zero attached hydrogens (tertiary/aromatic N) is 1. The first kappa shape index (κ1) is 19.4. The van der Waals surface area contributed by atoms with Crippen LogP contribution < -0.4 is 4.74 Å². The number of ether oxygens (including phenoxy) is 1. The predicted molar refractivity (Wildman–Crippen MR) is 84.5 cm³/mol. The molecule has 1 aliphatic rings. The first-order valence-electron chi connectivity index (χ1n) is 7.93. The van der Waals surface area contributed by atoms with Gasteiger partial charge in [0.05, 0.1) is 11.6 Å². The summed E-state index contributed by atoms with van der Waals surface area (Å²) in [4.78, 5) is 12.6. The number of benzene rings is 1. The number of hydrogen-bond acceptors (Lipinski definition) is 3. The second kappa shape index (κ2) is 6.74. The third kappa shape index (κ3) is 4.36. The van der Waals surface area contributed by atoms with Gasteiger partial charge in [-0.05, 0) is 23.6 Å². The van der Waals surface area contributed by atoms with Crippen molar-refractivity contribution in [3.05, 3.63) is 29.8 Å². The van der Waals surface area contributed by atoms with Gasteiger partial charge in [0.1, 0.15) is 18.0 Å². The summed E-state index contributed by atoms with van der Waals surface area (Å²) in [5, 5.41) is 20.0. The molecule has 1 heterocycles. The third-order valence-corrected chi connectivity index (χ3v) is 4.28. The maximum absolute atomic E-state index is 12.8. The van der Waals surface area contributed by atoms with Gasteiger partial charge in [0.25, 0.3) is 0 Å². The van der Waals surface area contributed by atoms with Crippen molar-refractivity contribution in [3.63, 3.8) is 0 Å². The molecule has 0 aliphatic carbocycles. The fourth-order valence-corrected chi connectivity index (χ4v) is 3.21. The number of alkyl halides is 3. The van der Waals surface area contributed by atoms with E-state index < -0.39 is 41.5 Å². The van der Waals surface area contributed by atoms with Crippen LogP contribution in [0.15, 0.2) is 24.3 Å². The summed E-state index contributed by atoms with van der Waals surface area (Å²) >= 11 is 0. The lowest BCUT2D eigenvalue weighted by Gasteiger charge is -2.47. The molecule has 1 fully saturated rings. The molecule has 0 spiro atoms. The summed E-state index contributed by atoms with van der Waals surface area (Å²) in [6.07, 6.45) is -7.38. The number of hydrogen-bond donors (Lipinski definition) is 2. The number of carboxylic acid groups (broad SMARTS) is 1. The Hall–Kier alpha value is -1.96. The number of amides is 1. The van der Waals surface area contributed by atoms with E-state index in [1.807, 2.05) is 0 Å². The SMILES string of the molecule is CC(C)(C)C1C(O)C(Oc2cccc(C(F)(F)F)c2)CCN1C(=O)O. The van der Waals surface area contributed by atoms with E-state index in [0.29, 0.717) is 0 Å². The molecule has 0 bridgehead atoms. The fraction of sp³-hybridized carbons (Fsp3) is 0.588. The molecule has 5 nitrogen and oxygen atoms in total. The van der Waals surface area contributed by atoms with Gasteiger partial charge in [-0.15, -0.1) is 0 Å². The molecule has 2 N–H and O–H groups in total. The van der Waals surface area contributed by atoms with Gasteiger partial charge in [0.15, 0.2) is 0 Å². The van der Waals surface area contributed by atoms with E-state index >= 15 is 0 Å². The molecule has 1 aromatic carbocycles. The first-order valence-corrected chi connectivity index (χ1v) is 7.93. The molecular formula is C17H22F3NO4. The van der Waals surface area contributed by atoms with Gasteiger partial charge in [0.2, 0.25) is 0 Å². The number of carbonyl (C=O) groups is 1. The molecule has 25 heavy (non-hydrogen) atoms. The van der Waals surface area contributed by atoms with Crippen molar-refractivity contribution >= 4 is 6.09 Å². The molecule has 1 amide bonds. The van der Waals surface area contributed by atoms with Crippen LogP contribution in [0.25, 0.3) is 0 Å². The molecule has 8 heteroatoms. The van der Waals surface area contributed by atoms with Crippen molar-refractivity contribution in [3.8, 4) is 5.75 Å². The molecule has 2 rings (SSSR count). The Balaban J connectivity index is 2.22. The van der Waals surface area contributed by atoms with Crippen molar-refractivity contribution in [1.82, 2.24) is 4.90 Å². The number of aliphatic hydroxyl groups excluding tert-OH is 1. The van der Waals surface area contributed by atoms with E-state index in [2.05, 4.69) is 0 Å². The Morgan fingerprint density at radius 1 is 1.28 bits per heavy atom. The van der Waals surface area contributed by atoms with Gasteiger partial charge in [-0.2, -0.15) is 13.2 Å². The zero-order chi connectivity index (χ0) is 19.0. The van der Waals surface area contributed by atoms with Crippen LogP contribution in [0.2, 0.25) is 0 Å². The molecule has 1 saturated heterocycles. The lowest BCUT2D eigenvalue weighted by atomic mass is 9.78. The van der Waals surface area contributed by atoms with E-state index in [9.17, 15) is 28.2 Å². The van der Waals surface area contributed by atoms with Crippen molar-refractivity contribution in [2.24, 2.45) is 5.41 Å². The van der Waals surface area contributed by atoms with Crippen LogP contribution in [0, 0.1) is 5.41 Å². The Kier molecular flexibility index (Phi) is 5.22. The van der Waals surface area contributed by atoms with Gasteiger partial charge in [-0.3, -0.25) is 0 Å². The fourth-order valence-electron chi connectivity index (χ4n) is 3.21. The highest BCUT2D eigenvalue weighted by Gasteiger charge is 2.46. The molecule has 1 aliphatic heterocycles. The molecule has 3 unspecified atom stereocenters. The topological polar surface area (TPSA) is 70.0 Å². The smallest absolute Gasteiger partial charge is 0.416 e. The lowest BCUT2D eigenvalue weighted by Crippen LogP contribution is -2.62. The second-order valence-electron chi connectivity index (χ2n) is 7.25. The molecule has 140 valence electrons. The molecule has 0 radical (unpaired) electrons. The average molecular weight is 361 g/mol. The highest BCUT2D eigenvalue weighted by atomic mass is 19.4. The molecule has 0 aromatic heterocycles. The van der Waals surface area contributed by atoms with Crippen molar-refractivity contribution in [2.45, 2.75) is 51.6 Å². The maximum atomic E-state index is 12.8. The highest BCUT2D eigenvalue weighted by molar-refractivity contribution is 5.66. The lowest BCUT2D eigenvalue weighted by molar-refractivity contribution is -0.137. The van der Waals surface area contributed by atoms with Crippen LogP contribution in [0.4, 0.5) is 18.0 Å². The summed E-state index contributed by atoms with van der Waals surface area (Å²) in [5.41, 5.74) is -1.40. The molecule has 3 atom stereocenters. The quantitative estimate of drug-likeness (QED) is 0.844. The second-order valence-corrected chi connectivity index (χ2v) is 7.25. The summed E-state index contributed by atoms with van der Waals surface area (Å²) in [6.45, 7) is 5.52. The summed E-state index contributed by atoms with van der Waals surface area (Å²) in [7, 11) is 0. The van der Waals surface area contributed by atoms with Gasteiger partial charge in [-0.1, -0.05) is 26.8 Å². The van der Waals surface area contributed by atoms with Crippen LogP contribution in [-0.2, 0) is 6.18 Å². The van der Waals surface area contributed by atoms with Crippen LogP contribution in [0.3, 0.4) is 0 Å². The predicted octanol–water partition coefficient (Wildman–Crippen LogP) is 3.61. The maximum Gasteiger partial charge on any atom is 0.416 e. The molecular weight excluding hydrogens is 339 g/mol. The van der Waals surface area contributed by atoms with Crippen LogP contribution in [0.5, 0.6) is 5.75 Å². The van der Waals surface area contributed by atoms with Crippen LogP contribution >= 0.6 is 0 Å². The van der Waals surface area contributed by atoms with Gasteiger partial charge in [-0.25, -0.2) is 4.79 Å². The van der Waals surface area contributed by atoms with Crippen molar-refractivity contribution in [1.29, 1.82) is 0 Å². The zero-order valence-electron chi connectivity index (χ0n) is 14.2. The van der Waals surface area contributed by atoms with Gasteiger partial charge < -0.3 is 19.8 Å². The monoisotopic (exact) mass is 361 g/mol. The van der Waals surface area contributed by atoms with Crippen LogP contribution in [-0.4, -0.2) is 46.0 Å². The van der Waals surface area contributed by atoms with E-state index in [-0.39, 0.29) is 18.7 Å². The largest absolute Gasteiger partial charge is 0.488 e. The number of likely N-dealkylation sites (tertiary alicyclic amines) is 1. The minimum atomic E-state index is -4.49. The van der Waals surface area contributed by atoms with Gasteiger partial charge in [0, 0.05) is 13.0 Å². The number of piperidine rings is 1. The van der Waals surface area contributed by atoms with E-state index in [1.165, 1.54) is 12.1 Å². The van der Waals surface area contributed by atoms with Gasteiger partial charge >= 0.3 is 12.3 Å². The summed E-state index contributed by atoms with van der Waals surface area (Å²) < 4.78 is 44.0. The summed E-state index contributed by atoms with van der Waals surface area (Å²) in [6, 6.07) is 3.71. The molecule has 1 aromatic rings. The first-order chi connectivity index (χ1) is 11.4. The standard InChI is InChI=1S/C17H22F3NO4/c1-16(2,3)14-13(22)12(7-8-21(14)15(23)24)25-11-6-4-5-10(9-11)17(18,19)20/h4-6,9,12-14,22H,7-8H2,1-3H3,(H,23,24). The number of halogens is 3. The Bertz CT molecular complexity index is 627. The third-order valence-electron chi connectivity index (χ3n) is 4.28. The normalized spacial score (nSPS) is 24.9. The van der Waals surface area contributed by atoms with E-state index in [0.717, 1.165) is 17.0 Å². The Morgan fingerprint density at radius 3 is 2.44 bits per heavy atom. The Morgan fingerprint density at radius 2 is 1.92 bits per heavy atom. The number of aliphatic hydroxyl groups is 1.